The van der Waals surface area contributed by atoms with Gasteiger partial charge in [0.1, 0.15) is 10.6 Å². The number of carbonyl (C=O) groups is 1. The van der Waals surface area contributed by atoms with Gasteiger partial charge in [0.15, 0.2) is 0 Å². The second-order valence-corrected chi connectivity index (χ2v) is 8.53. The average molecular weight is 421 g/mol. The molecule has 3 rings (SSSR count). The quantitative estimate of drug-likeness (QED) is 0.701. The summed E-state index contributed by atoms with van der Waals surface area (Å²) in [4.78, 5) is 23.3. The Bertz CT molecular complexity index is 1030. The molecule has 1 aliphatic rings. The summed E-state index contributed by atoms with van der Waals surface area (Å²) < 4.78 is 38.3. The van der Waals surface area contributed by atoms with Crippen molar-refractivity contribution in [1.82, 2.24) is 14.5 Å². The molecule has 0 aliphatic carbocycles. The molecule has 2 aromatic rings. The summed E-state index contributed by atoms with van der Waals surface area (Å²) >= 11 is 0. The number of rotatable bonds is 6. The van der Waals surface area contributed by atoms with E-state index in [1.54, 1.807) is 19.1 Å². The summed E-state index contributed by atoms with van der Waals surface area (Å²) in [6.45, 7) is 2.34. The fraction of sp³-hybridized carbons (Fsp3) is 0.421. The Labute approximate surface area is 168 Å². The van der Waals surface area contributed by atoms with Crippen LogP contribution in [0.4, 0.5) is 0 Å². The molecule has 0 radical (unpaired) electrons. The van der Waals surface area contributed by atoms with E-state index in [-0.39, 0.29) is 35.3 Å². The van der Waals surface area contributed by atoms with E-state index in [1.165, 1.54) is 29.6 Å². The van der Waals surface area contributed by atoms with Crippen LogP contribution < -0.4 is 10.3 Å². The van der Waals surface area contributed by atoms with Crippen LogP contribution in [0.2, 0.25) is 0 Å². The summed E-state index contributed by atoms with van der Waals surface area (Å²) in [5.41, 5.74) is 0.583. The Morgan fingerprint density at radius 2 is 2.10 bits per heavy atom. The lowest BCUT2D eigenvalue weighted by Gasteiger charge is -2.31. The SMILES string of the molecule is CCOC(=O)C1CCCN(S(=O)(=O)c2cc(-c3ccc(=O)[nH]n3)ccc2OC)C1. The molecule has 1 unspecified atom stereocenters. The maximum absolute atomic E-state index is 13.3. The van der Waals surface area contributed by atoms with Crippen LogP contribution in [0, 0.1) is 5.92 Å². The number of carbonyl (C=O) groups excluding carboxylic acids is 1. The van der Waals surface area contributed by atoms with Gasteiger partial charge in [-0.15, -0.1) is 0 Å². The number of H-pyrrole nitrogens is 1. The molecular formula is C19H23N3O6S. The molecule has 29 heavy (non-hydrogen) atoms. The van der Waals surface area contributed by atoms with Gasteiger partial charge in [0.2, 0.25) is 10.0 Å². The third kappa shape index (κ3) is 4.48. The number of nitrogens with zero attached hydrogens (tertiary/aromatic N) is 2. The fourth-order valence-corrected chi connectivity index (χ4v) is 5.00. The molecule has 1 atom stereocenters. The van der Waals surface area contributed by atoms with Crippen molar-refractivity contribution in [2.24, 2.45) is 5.92 Å². The normalized spacial score (nSPS) is 17.7. The molecule has 0 saturated carbocycles. The van der Waals surface area contributed by atoms with Crippen LogP contribution in [0.3, 0.4) is 0 Å². The van der Waals surface area contributed by atoms with Crippen LogP contribution in [-0.4, -0.2) is 55.7 Å². The van der Waals surface area contributed by atoms with Crippen LogP contribution in [0.15, 0.2) is 40.0 Å². The number of hydrogen-bond donors (Lipinski definition) is 1. The van der Waals surface area contributed by atoms with Crippen molar-refractivity contribution in [2.75, 3.05) is 26.8 Å². The smallest absolute Gasteiger partial charge is 0.310 e. The number of methoxy groups -OCH3 is 1. The molecule has 1 aromatic carbocycles. The number of aromatic amines is 1. The first kappa shape index (κ1) is 21.0. The van der Waals surface area contributed by atoms with Gasteiger partial charge in [-0.3, -0.25) is 9.59 Å². The van der Waals surface area contributed by atoms with Gasteiger partial charge < -0.3 is 9.47 Å². The zero-order valence-electron chi connectivity index (χ0n) is 16.3. The first-order valence-corrected chi connectivity index (χ1v) is 10.7. The van der Waals surface area contributed by atoms with Gasteiger partial charge in [0.05, 0.1) is 25.3 Å². The second kappa shape index (κ2) is 8.75. The Morgan fingerprint density at radius 1 is 1.31 bits per heavy atom. The molecule has 0 spiro atoms. The molecule has 2 heterocycles. The molecule has 9 nitrogen and oxygen atoms in total. The highest BCUT2D eigenvalue weighted by atomic mass is 32.2. The van der Waals surface area contributed by atoms with E-state index >= 15 is 0 Å². The fourth-order valence-electron chi connectivity index (χ4n) is 3.30. The van der Waals surface area contributed by atoms with Crippen LogP contribution >= 0.6 is 0 Å². The van der Waals surface area contributed by atoms with Gasteiger partial charge >= 0.3 is 5.97 Å². The monoisotopic (exact) mass is 421 g/mol. The number of ether oxygens (including phenoxy) is 2. The van der Waals surface area contributed by atoms with Gasteiger partial charge in [-0.25, -0.2) is 13.5 Å². The summed E-state index contributed by atoms with van der Waals surface area (Å²) in [5, 5.41) is 6.28. The molecule has 1 aromatic heterocycles. The first-order chi connectivity index (χ1) is 13.9. The van der Waals surface area contributed by atoms with Crippen molar-refractivity contribution >= 4 is 16.0 Å². The zero-order valence-corrected chi connectivity index (χ0v) is 17.1. The van der Waals surface area contributed by atoms with Gasteiger partial charge in [-0.1, -0.05) is 0 Å². The maximum Gasteiger partial charge on any atom is 0.310 e. The molecule has 1 N–H and O–H groups in total. The largest absolute Gasteiger partial charge is 0.495 e. The van der Waals surface area contributed by atoms with E-state index in [2.05, 4.69) is 10.2 Å². The van der Waals surface area contributed by atoms with E-state index < -0.39 is 15.9 Å². The van der Waals surface area contributed by atoms with E-state index in [0.717, 1.165) is 0 Å². The lowest BCUT2D eigenvalue weighted by Crippen LogP contribution is -2.42. The molecular weight excluding hydrogens is 398 g/mol. The predicted molar refractivity (Wildman–Crippen MR) is 105 cm³/mol. The number of nitrogens with one attached hydrogen (secondary N) is 1. The van der Waals surface area contributed by atoms with Crippen molar-refractivity contribution in [3.8, 4) is 17.0 Å². The Kier molecular flexibility index (Phi) is 6.33. The third-order valence-corrected chi connectivity index (χ3v) is 6.65. The van der Waals surface area contributed by atoms with E-state index in [9.17, 15) is 18.0 Å². The summed E-state index contributed by atoms with van der Waals surface area (Å²) in [6, 6.07) is 7.49. The first-order valence-electron chi connectivity index (χ1n) is 9.27. The van der Waals surface area contributed by atoms with Gasteiger partial charge in [0, 0.05) is 24.7 Å². The zero-order chi connectivity index (χ0) is 21.0. The summed E-state index contributed by atoms with van der Waals surface area (Å²) in [6.07, 6.45) is 1.15. The Hall–Kier alpha value is -2.72. The second-order valence-electron chi connectivity index (χ2n) is 6.63. The van der Waals surface area contributed by atoms with Crippen molar-refractivity contribution in [1.29, 1.82) is 0 Å². The number of aromatic nitrogens is 2. The number of sulfonamides is 1. The number of benzene rings is 1. The number of piperidine rings is 1. The summed E-state index contributed by atoms with van der Waals surface area (Å²) in [5.74, 6) is -0.685. The molecule has 1 fully saturated rings. The molecule has 0 amide bonds. The Morgan fingerprint density at radius 3 is 2.76 bits per heavy atom. The molecule has 0 bridgehead atoms. The van der Waals surface area contributed by atoms with E-state index in [4.69, 9.17) is 9.47 Å². The van der Waals surface area contributed by atoms with Gasteiger partial charge in [-0.05, 0) is 44.0 Å². The van der Waals surface area contributed by atoms with Crippen LogP contribution in [0.1, 0.15) is 19.8 Å². The Balaban J connectivity index is 1.96. The highest BCUT2D eigenvalue weighted by Crippen LogP contribution is 2.33. The standard InChI is InChI=1S/C19H23N3O6S/c1-3-28-19(24)14-5-4-10-22(12-14)29(25,26)17-11-13(6-8-16(17)27-2)15-7-9-18(23)21-20-15/h6-9,11,14H,3-5,10,12H2,1-2H3,(H,21,23). The lowest BCUT2D eigenvalue weighted by molar-refractivity contribution is -0.149. The van der Waals surface area contributed by atoms with Crippen LogP contribution in [-0.2, 0) is 19.6 Å². The summed E-state index contributed by atoms with van der Waals surface area (Å²) in [7, 11) is -2.53. The van der Waals surface area contributed by atoms with Crippen LogP contribution in [0.25, 0.3) is 11.3 Å². The molecule has 10 heteroatoms. The number of esters is 1. The van der Waals surface area contributed by atoms with Crippen molar-refractivity contribution < 1.29 is 22.7 Å². The molecule has 1 saturated heterocycles. The van der Waals surface area contributed by atoms with Gasteiger partial charge in [0.25, 0.3) is 5.56 Å². The topological polar surface area (TPSA) is 119 Å². The predicted octanol–water partition coefficient (Wildman–Crippen LogP) is 1.41. The molecule has 156 valence electrons. The van der Waals surface area contributed by atoms with Crippen molar-refractivity contribution in [3.63, 3.8) is 0 Å². The minimum atomic E-state index is -3.92. The minimum absolute atomic E-state index is 0.0185. The van der Waals surface area contributed by atoms with E-state index in [1.807, 2.05) is 0 Å². The van der Waals surface area contributed by atoms with Crippen LogP contribution in [0.5, 0.6) is 5.75 Å². The highest BCUT2D eigenvalue weighted by molar-refractivity contribution is 7.89. The van der Waals surface area contributed by atoms with E-state index in [0.29, 0.717) is 30.6 Å². The minimum Gasteiger partial charge on any atom is -0.495 e. The van der Waals surface area contributed by atoms with Gasteiger partial charge in [-0.2, -0.15) is 9.40 Å². The van der Waals surface area contributed by atoms with Crippen molar-refractivity contribution in [2.45, 2.75) is 24.7 Å². The average Bonchev–Trinajstić information content (AvgIpc) is 2.74. The highest BCUT2D eigenvalue weighted by Gasteiger charge is 2.35. The van der Waals surface area contributed by atoms with Crippen molar-refractivity contribution in [3.05, 3.63) is 40.7 Å². The number of hydrogen-bond acceptors (Lipinski definition) is 7. The lowest BCUT2D eigenvalue weighted by atomic mass is 10.0. The maximum atomic E-state index is 13.3. The third-order valence-electron chi connectivity index (χ3n) is 4.76. The molecule has 1 aliphatic heterocycles.